The SMILES string of the molecule is O=C1CCC(=O)N1I.O=S([O-])O.[Na+]. The molecule has 1 fully saturated rings. The van der Waals surface area contributed by atoms with Crippen LogP contribution >= 0.6 is 22.9 Å². The van der Waals surface area contributed by atoms with Crippen molar-refractivity contribution in [2.75, 3.05) is 0 Å². The van der Waals surface area contributed by atoms with Crippen LogP contribution in [-0.4, -0.2) is 28.2 Å². The standard InChI is InChI=1S/C4H4INO2.Na.H2O3S/c5-6-3(7)1-2-4(6)8;;1-4(2)3/h1-2H2;;(H2,1,2,3)/q;+1;/p-1. The molecule has 0 spiro atoms. The van der Waals surface area contributed by atoms with E-state index in [4.69, 9.17) is 13.3 Å². The zero-order valence-electron chi connectivity index (χ0n) is 6.73. The van der Waals surface area contributed by atoms with Crippen molar-refractivity contribution >= 4 is 46.0 Å². The summed E-state index contributed by atoms with van der Waals surface area (Å²) < 4.78 is 25.2. The molecule has 70 valence electrons. The van der Waals surface area contributed by atoms with Crippen LogP contribution in [0.4, 0.5) is 0 Å². The summed E-state index contributed by atoms with van der Waals surface area (Å²) in [4.78, 5) is 21.0. The average molecular weight is 329 g/mol. The van der Waals surface area contributed by atoms with Gasteiger partial charge in [0.1, 0.15) is 0 Å². The van der Waals surface area contributed by atoms with Gasteiger partial charge in [-0.15, -0.1) is 0 Å². The molecule has 0 saturated carbocycles. The summed E-state index contributed by atoms with van der Waals surface area (Å²) in [7, 11) is 0. The predicted octanol–water partition coefficient (Wildman–Crippen LogP) is -3.17. The molecule has 1 aliphatic heterocycles. The van der Waals surface area contributed by atoms with Gasteiger partial charge in [0.05, 0.1) is 34.2 Å². The van der Waals surface area contributed by atoms with Crippen LogP contribution in [0.2, 0.25) is 0 Å². The number of carbonyl (C=O) groups excluding carboxylic acids is 2. The first-order valence-electron chi connectivity index (χ1n) is 2.75. The summed E-state index contributed by atoms with van der Waals surface area (Å²) in [5, 5.41) is 0. The minimum atomic E-state index is -2.86. The van der Waals surface area contributed by atoms with Crippen molar-refractivity contribution in [1.29, 1.82) is 0 Å². The van der Waals surface area contributed by atoms with Gasteiger partial charge in [-0.2, -0.15) is 0 Å². The number of halogens is 1. The van der Waals surface area contributed by atoms with Crippen molar-refractivity contribution in [1.82, 2.24) is 3.11 Å². The van der Waals surface area contributed by atoms with Gasteiger partial charge in [-0.1, -0.05) is 0 Å². The summed E-state index contributed by atoms with van der Waals surface area (Å²) in [5.41, 5.74) is 0. The largest absolute Gasteiger partial charge is 1.00 e. The van der Waals surface area contributed by atoms with Crippen LogP contribution in [0.25, 0.3) is 0 Å². The fraction of sp³-hybridized carbons (Fsp3) is 0.500. The first-order chi connectivity index (χ1) is 5.45. The third-order valence-electron chi connectivity index (χ3n) is 0.991. The first kappa shape index (κ1) is 16.4. The van der Waals surface area contributed by atoms with E-state index in [1.165, 1.54) is 0 Å². The molecule has 0 aromatic carbocycles. The van der Waals surface area contributed by atoms with Crippen LogP contribution < -0.4 is 29.6 Å². The molecule has 0 aromatic rings. The van der Waals surface area contributed by atoms with E-state index < -0.39 is 11.4 Å². The van der Waals surface area contributed by atoms with E-state index in [1.54, 1.807) is 22.9 Å². The van der Waals surface area contributed by atoms with Gasteiger partial charge in [-0.25, -0.2) is 7.32 Å². The number of rotatable bonds is 0. The van der Waals surface area contributed by atoms with E-state index in [9.17, 15) is 9.59 Å². The zero-order chi connectivity index (χ0) is 9.72. The maximum Gasteiger partial charge on any atom is 1.00 e. The zero-order valence-corrected chi connectivity index (χ0v) is 11.7. The summed E-state index contributed by atoms with van der Waals surface area (Å²) in [5.74, 6) is -0.147. The van der Waals surface area contributed by atoms with Gasteiger partial charge in [0, 0.05) is 12.8 Å². The Morgan fingerprint density at radius 1 is 1.38 bits per heavy atom. The van der Waals surface area contributed by atoms with Gasteiger partial charge < -0.3 is 9.11 Å². The summed E-state index contributed by atoms with van der Waals surface area (Å²) >= 11 is -1.14. The number of imide groups is 1. The van der Waals surface area contributed by atoms with Crippen LogP contribution in [-0.2, 0) is 21.0 Å². The normalized spacial score (nSPS) is 17.3. The third-order valence-corrected chi connectivity index (χ3v) is 2.07. The number of hydrogen-bond acceptors (Lipinski definition) is 4. The first-order valence-corrected chi connectivity index (χ1v) is 4.74. The molecule has 1 heterocycles. The smallest absolute Gasteiger partial charge is 0.750 e. The molecule has 1 rings (SSSR count). The molecular formula is C4H5INNaO5S. The monoisotopic (exact) mass is 329 g/mol. The van der Waals surface area contributed by atoms with Crippen LogP contribution in [0.5, 0.6) is 0 Å². The predicted molar refractivity (Wildman–Crippen MR) is 46.7 cm³/mol. The molecule has 0 aromatic heterocycles. The average Bonchev–Trinajstić information content (AvgIpc) is 2.19. The Morgan fingerprint density at radius 2 is 1.62 bits per heavy atom. The fourth-order valence-electron chi connectivity index (χ4n) is 0.549. The van der Waals surface area contributed by atoms with E-state index in [-0.39, 0.29) is 41.4 Å². The van der Waals surface area contributed by atoms with Crippen molar-refractivity contribution < 1.29 is 52.5 Å². The fourth-order valence-corrected chi connectivity index (χ4v) is 1.03. The molecule has 13 heavy (non-hydrogen) atoms. The third kappa shape index (κ3) is 7.97. The van der Waals surface area contributed by atoms with Gasteiger partial charge in [-0.3, -0.25) is 9.59 Å². The molecule has 0 radical (unpaired) electrons. The Morgan fingerprint density at radius 3 is 1.69 bits per heavy atom. The molecule has 1 aliphatic rings. The van der Waals surface area contributed by atoms with E-state index >= 15 is 0 Å². The minimum absolute atomic E-state index is 0. The molecular weight excluding hydrogens is 324 g/mol. The molecule has 2 amide bonds. The maximum atomic E-state index is 10.5. The second-order valence-electron chi connectivity index (χ2n) is 1.79. The van der Waals surface area contributed by atoms with Gasteiger partial charge in [0.15, 0.2) is 0 Å². The Hall–Kier alpha value is 0.940. The molecule has 1 unspecified atom stereocenters. The van der Waals surface area contributed by atoms with Gasteiger partial charge in [0.25, 0.3) is 0 Å². The van der Waals surface area contributed by atoms with Crippen molar-refractivity contribution in [3.63, 3.8) is 0 Å². The maximum absolute atomic E-state index is 10.5. The van der Waals surface area contributed by atoms with Crippen molar-refractivity contribution in [3.05, 3.63) is 0 Å². The number of carbonyl (C=O) groups is 2. The second-order valence-corrected chi connectivity index (χ2v) is 3.18. The molecule has 0 aliphatic carbocycles. The van der Waals surface area contributed by atoms with Crippen molar-refractivity contribution in [2.24, 2.45) is 0 Å². The van der Waals surface area contributed by atoms with Gasteiger partial charge >= 0.3 is 29.6 Å². The topological polar surface area (TPSA) is 97.7 Å². The van der Waals surface area contributed by atoms with E-state index in [0.717, 1.165) is 3.11 Å². The molecule has 0 bridgehead atoms. The molecule has 6 nitrogen and oxygen atoms in total. The Bertz CT molecular complexity index is 205. The van der Waals surface area contributed by atoms with Gasteiger partial charge in [-0.05, 0) is 0 Å². The Labute approximate surface area is 113 Å². The minimum Gasteiger partial charge on any atom is -0.750 e. The summed E-state index contributed by atoms with van der Waals surface area (Å²) in [6.07, 6.45) is 0.781. The van der Waals surface area contributed by atoms with Crippen LogP contribution in [0.15, 0.2) is 0 Å². The van der Waals surface area contributed by atoms with Crippen molar-refractivity contribution in [3.8, 4) is 0 Å². The summed E-state index contributed by atoms with van der Waals surface area (Å²) in [6, 6.07) is 0. The number of nitrogens with zero attached hydrogens (tertiary/aromatic N) is 1. The van der Waals surface area contributed by atoms with E-state index in [2.05, 4.69) is 0 Å². The molecule has 1 saturated heterocycles. The molecule has 1 N–H and O–H groups in total. The number of hydrogen-bond donors (Lipinski definition) is 1. The van der Waals surface area contributed by atoms with Crippen LogP contribution in [0.3, 0.4) is 0 Å². The van der Waals surface area contributed by atoms with Crippen LogP contribution in [0, 0.1) is 0 Å². The summed E-state index contributed by atoms with van der Waals surface area (Å²) in [6.45, 7) is 0. The number of amides is 2. The van der Waals surface area contributed by atoms with Gasteiger partial charge in [0.2, 0.25) is 11.8 Å². The van der Waals surface area contributed by atoms with E-state index in [1.807, 2.05) is 0 Å². The van der Waals surface area contributed by atoms with Crippen molar-refractivity contribution in [2.45, 2.75) is 12.8 Å². The Kier molecular flexibility index (Phi) is 10.4. The van der Waals surface area contributed by atoms with E-state index in [0.29, 0.717) is 12.8 Å². The molecule has 9 heteroatoms. The Balaban J connectivity index is 0. The van der Waals surface area contributed by atoms with Crippen LogP contribution in [0.1, 0.15) is 12.8 Å². The second kappa shape index (κ2) is 8.26. The molecule has 1 atom stereocenters. The quantitative estimate of drug-likeness (QED) is 0.166.